The van der Waals surface area contributed by atoms with E-state index in [1.165, 1.54) is 7.11 Å². The Hall–Kier alpha value is -3.24. The summed E-state index contributed by atoms with van der Waals surface area (Å²) in [5.41, 5.74) is 8.53. The first kappa shape index (κ1) is 21.0. The topological polar surface area (TPSA) is 94.6 Å². The van der Waals surface area contributed by atoms with Crippen LogP contribution in [0.2, 0.25) is 0 Å². The Morgan fingerprint density at radius 3 is 2.48 bits per heavy atom. The lowest BCUT2D eigenvalue weighted by molar-refractivity contribution is -0.117. The van der Waals surface area contributed by atoms with Crippen molar-refractivity contribution in [2.45, 2.75) is 24.7 Å². The SMILES string of the molecule is COc1cc(OC)c([C@@H]2C(C#N)=C(N)OC3=C2C(=O)C[C@@H](c2ccccc2)C3)cc1Br. The molecule has 0 spiro atoms. The third kappa shape index (κ3) is 3.68. The Kier molecular flexibility index (Phi) is 5.75. The number of hydrogen-bond acceptors (Lipinski definition) is 6. The minimum Gasteiger partial charge on any atom is -0.496 e. The van der Waals surface area contributed by atoms with E-state index in [4.69, 9.17) is 19.9 Å². The quantitative estimate of drug-likeness (QED) is 0.682. The highest BCUT2D eigenvalue weighted by Gasteiger charge is 2.42. The van der Waals surface area contributed by atoms with Crippen molar-refractivity contribution in [2.75, 3.05) is 14.2 Å². The lowest BCUT2D eigenvalue weighted by atomic mass is 9.73. The Bertz CT molecular complexity index is 1150. The maximum absolute atomic E-state index is 13.4. The van der Waals surface area contributed by atoms with Crippen molar-refractivity contribution in [3.05, 3.63) is 80.9 Å². The molecule has 1 heterocycles. The summed E-state index contributed by atoms with van der Waals surface area (Å²) >= 11 is 3.49. The molecule has 4 rings (SSSR count). The second-order valence-electron chi connectivity index (χ2n) is 7.43. The van der Waals surface area contributed by atoms with E-state index in [-0.39, 0.29) is 23.2 Å². The molecule has 0 aromatic heterocycles. The minimum absolute atomic E-state index is 0.00552. The van der Waals surface area contributed by atoms with Gasteiger partial charge in [0.1, 0.15) is 28.9 Å². The minimum atomic E-state index is -0.671. The summed E-state index contributed by atoms with van der Waals surface area (Å²) in [6, 6.07) is 15.5. The van der Waals surface area contributed by atoms with Crippen molar-refractivity contribution in [2.24, 2.45) is 5.73 Å². The van der Waals surface area contributed by atoms with Gasteiger partial charge in [0, 0.05) is 30.0 Å². The Balaban J connectivity index is 1.86. The number of carbonyl (C=O) groups excluding carboxylic acids is 1. The molecule has 2 aromatic rings. The predicted octanol–water partition coefficient (Wildman–Crippen LogP) is 4.67. The van der Waals surface area contributed by atoms with E-state index >= 15 is 0 Å². The third-order valence-electron chi connectivity index (χ3n) is 5.75. The average molecular weight is 481 g/mol. The zero-order valence-corrected chi connectivity index (χ0v) is 18.7. The van der Waals surface area contributed by atoms with E-state index in [1.54, 1.807) is 19.2 Å². The number of carbonyl (C=O) groups is 1. The summed E-state index contributed by atoms with van der Waals surface area (Å²) in [7, 11) is 3.09. The Morgan fingerprint density at radius 1 is 1.13 bits per heavy atom. The van der Waals surface area contributed by atoms with Crippen molar-refractivity contribution in [3.63, 3.8) is 0 Å². The molecule has 0 fully saturated rings. The molecule has 0 amide bonds. The van der Waals surface area contributed by atoms with Gasteiger partial charge in [0.2, 0.25) is 5.88 Å². The van der Waals surface area contributed by atoms with Crippen molar-refractivity contribution in [1.29, 1.82) is 5.26 Å². The summed E-state index contributed by atoms with van der Waals surface area (Å²) in [6.45, 7) is 0. The molecule has 1 aliphatic carbocycles. The van der Waals surface area contributed by atoms with Gasteiger partial charge in [0.25, 0.3) is 0 Å². The summed E-state index contributed by atoms with van der Waals surface area (Å²) in [6.07, 6.45) is 0.863. The number of allylic oxidation sites excluding steroid dienone is 3. The summed E-state index contributed by atoms with van der Waals surface area (Å²) < 4.78 is 17.5. The molecule has 0 unspecified atom stereocenters. The Morgan fingerprint density at radius 2 is 1.84 bits per heavy atom. The number of rotatable bonds is 4. The van der Waals surface area contributed by atoms with Gasteiger partial charge in [-0.15, -0.1) is 0 Å². The van der Waals surface area contributed by atoms with Crippen LogP contribution in [0.15, 0.2) is 69.7 Å². The van der Waals surface area contributed by atoms with Gasteiger partial charge in [0.15, 0.2) is 5.78 Å². The van der Waals surface area contributed by atoms with Gasteiger partial charge in [-0.3, -0.25) is 4.79 Å². The number of ketones is 1. The fourth-order valence-corrected chi connectivity index (χ4v) is 4.81. The smallest absolute Gasteiger partial charge is 0.205 e. The average Bonchev–Trinajstić information content (AvgIpc) is 2.78. The van der Waals surface area contributed by atoms with E-state index in [0.29, 0.717) is 45.7 Å². The zero-order chi connectivity index (χ0) is 22.1. The van der Waals surface area contributed by atoms with Crippen LogP contribution in [0.5, 0.6) is 11.5 Å². The van der Waals surface area contributed by atoms with Gasteiger partial charge in [-0.2, -0.15) is 5.26 Å². The monoisotopic (exact) mass is 480 g/mol. The highest BCUT2D eigenvalue weighted by Crippen LogP contribution is 2.49. The molecule has 158 valence electrons. The number of nitrogens with zero attached hydrogens (tertiary/aromatic N) is 1. The van der Waals surface area contributed by atoms with Gasteiger partial charge in [-0.05, 0) is 33.5 Å². The molecular weight excluding hydrogens is 460 g/mol. The number of nitrogens with two attached hydrogens (primary N) is 1. The van der Waals surface area contributed by atoms with Crippen LogP contribution < -0.4 is 15.2 Å². The first-order valence-corrected chi connectivity index (χ1v) is 10.6. The molecule has 0 radical (unpaired) electrons. The Labute approximate surface area is 189 Å². The molecule has 1 aliphatic heterocycles. The molecule has 2 aliphatic rings. The fraction of sp³-hybridized carbons (Fsp3) is 0.250. The molecule has 0 saturated carbocycles. The molecule has 0 bridgehead atoms. The van der Waals surface area contributed by atoms with Gasteiger partial charge in [0.05, 0.1) is 24.6 Å². The standard InChI is InChI=1S/C24H21BrN2O4/c1-29-19-11-20(30-2)17(25)10-15(19)22-16(12-26)24(27)31-21-9-14(8-18(28)23(21)22)13-6-4-3-5-7-13/h3-7,10-11,14,22H,8-9,27H2,1-2H3/t14-,22-/m1/s1. The lowest BCUT2D eigenvalue weighted by Crippen LogP contribution is -2.30. The highest BCUT2D eigenvalue weighted by atomic mass is 79.9. The predicted molar refractivity (Wildman–Crippen MR) is 118 cm³/mol. The van der Waals surface area contributed by atoms with Crippen LogP contribution in [-0.2, 0) is 9.53 Å². The summed E-state index contributed by atoms with van der Waals surface area (Å²) in [4.78, 5) is 13.4. The van der Waals surface area contributed by atoms with Crippen LogP contribution in [0.3, 0.4) is 0 Å². The molecule has 2 aromatic carbocycles. The van der Waals surface area contributed by atoms with E-state index in [9.17, 15) is 10.1 Å². The van der Waals surface area contributed by atoms with Crippen LogP contribution in [0.4, 0.5) is 0 Å². The second kappa shape index (κ2) is 8.48. The normalized spacial score (nSPS) is 20.6. The van der Waals surface area contributed by atoms with Crippen LogP contribution >= 0.6 is 15.9 Å². The van der Waals surface area contributed by atoms with Crippen LogP contribution in [0, 0.1) is 11.3 Å². The number of Topliss-reactive ketones (excluding diaryl/α,β-unsaturated/α-hetero) is 1. The number of hydrogen-bond donors (Lipinski definition) is 1. The number of nitriles is 1. The van der Waals surface area contributed by atoms with Gasteiger partial charge in [-0.1, -0.05) is 30.3 Å². The molecule has 31 heavy (non-hydrogen) atoms. The number of methoxy groups -OCH3 is 2. The van der Waals surface area contributed by atoms with Crippen LogP contribution in [0.25, 0.3) is 0 Å². The number of ether oxygens (including phenoxy) is 3. The fourth-order valence-electron chi connectivity index (χ4n) is 4.29. The third-order valence-corrected chi connectivity index (χ3v) is 6.37. The van der Waals surface area contributed by atoms with E-state index in [0.717, 1.165) is 5.56 Å². The van der Waals surface area contributed by atoms with Crippen LogP contribution in [-0.4, -0.2) is 20.0 Å². The second-order valence-corrected chi connectivity index (χ2v) is 8.28. The summed E-state index contributed by atoms with van der Waals surface area (Å²) in [5, 5.41) is 9.85. The number of halogens is 1. The molecule has 6 nitrogen and oxygen atoms in total. The largest absolute Gasteiger partial charge is 0.496 e. The van der Waals surface area contributed by atoms with Crippen molar-refractivity contribution < 1.29 is 19.0 Å². The van der Waals surface area contributed by atoms with E-state index in [2.05, 4.69) is 22.0 Å². The van der Waals surface area contributed by atoms with Crippen molar-refractivity contribution >= 4 is 21.7 Å². The maximum Gasteiger partial charge on any atom is 0.205 e. The van der Waals surface area contributed by atoms with Crippen LogP contribution in [0.1, 0.15) is 35.8 Å². The molecule has 2 atom stereocenters. The zero-order valence-electron chi connectivity index (χ0n) is 17.1. The van der Waals surface area contributed by atoms with Gasteiger partial charge >= 0.3 is 0 Å². The summed E-state index contributed by atoms with van der Waals surface area (Å²) in [5.74, 6) is 0.870. The van der Waals surface area contributed by atoms with Crippen molar-refractivity contribution in [3.8, 4) is 17.6 Å². The maximum atomic E-state index is 13.4. The first-order valence-electron chi connectivity index (χ1n) is 9.78. The molecule has 0 saturated heterocycles. The molecular formula is C24H21BrN2O4. The van der Waals surface area contributed by atoms with Gasteiger partial charge < -0.3 is 19.9 Å². The number of benzene rings is 2. The molecule has 2 N–H and O–H groups in total. The lowest BCUT2D eigenvalue weighted by Gasteiger charge is -2.34. The molecule has 7 heteroatoms. The van der Waals surface area contributed by atoms with E-state index in [1.807, 2.05) is 30.3 Å². The highest BCUT2D eigenvalue weighted by molar-refractivity contribution is 9.10. The van der Waals surface area contributed by atoms with Crippen molar-refractivity contribution in [1.82, 2.24) is 0 Å². The van der Waals surface area contributed by atoms with Gasteiger partial charge in [-0.25, -0.2) is 0 Å². The van der Waals surface area contributed by atoms with E-state index < -0.39 is 5.92 Å². The first-order chi connectivity index (χ1) is 15.0.